The maximum atomic E-state index is 13.0. The Labute approximate surface area is 121 Å². The number of urea groups is 1. The molecule has 0 aromatic heterocycles. The third-order valence-corrected chi connectivity index (χ3v) is 3.84. The Bertz CT molecular complexity index is 486. The van der Waals surface area contributed by atoms with Gasteiger partial charge in [0.25, 0.3) is 5.92 Å². The largest absolute Gasteiger partial charge is 0.331 e. The number of carbonyl (C=O) groups excluding carboxylic acids is 1. The summed E-state index contributed by atoms with van der Waals surface area (Å²) in [6, 6.07) is 6.64. The second-order valence-corrected chi connectivity index (χ2v) is 5.44. The summed E-state index contributed by atoms with van der Waals surface area (Å²) < 4.78 is 26.1. The zero-order valence-corrected chi connectivity index (χ0v) is 12.0. The molecule has 0 spiro atoms. The van der Waals surface area contributed by atoms with Crippen LogP contribution in [0, 0.1) is 0 Å². The quantitative estimate of drug-likeness (QED) is 0.884. The van der Waals surface area contributed by atoms with E-state index < -0.39 is 5.92 Å². The molecule has 20 heavy (non-hydrogen) atoms. The van der Waals surface area contributed by atoms with E-state index in [0.29, 0.717) is 5.02 Å². The minimum Gasteiger partial charge on any atom is -0.331 e. The van der Waals surface area contributed by atoms with E-state index in [9.17, 15) is 13.6 Å². The first-order valence-corrected chi connectivity index (χ1v) is 6.94. The standard InChI is InChI=1S/C14H17ClF2N2O/c1-10(11-4-2-3-5-12(11)15)18-13(20)19-8-6-14(16,17)7-9-19/h2-5,10H,6-9H2,1H3,(H,18,20). The molecule has 1 aliphatic rings. The second kappa shape index (κ2) is 5.95. The number of alkyl halides is 2. The molecule has 1 aromatic rings. The lowest BCUT2D eigenvalue weighted by Crippen LogP contribution is -2.47. The number of hydrogen-bond acceptors (Lipinski definition) is 1. The summed E-state index contributed by atoms with van der Waals surface area (Å²) in [7, 11) is 0. The molecule has 2 rings (SSSR count). The zero-order chi connectivity index (χ0) is 14.8. The van der Waals surface area contributed by atoms with Crippen molar-refractivity contribution in [3.05, 3.63) is 34.9 Å². The van der Waals surface area contributed by atoms with Crippen molar-refractivity contribution >= 4 is 17.6 Å². The highest BCUT2D eigenvalue weighted by atomic mass is 35.5. The first-order valence-electron chi connectivity index (χ1n) is 6.57. The van der Waals surface area contributed by atoms with Crippen LogP contribution in [0.2, 0.25) is 5.02 Å². The summed E-state index contributed by atoms with van der Waals surface area (Å²) in [6.07, 6.45) is -0.554. The van der Waals surface area contributed by atoms with Gasteiger partial charge in [0, 0.05) is 31.0 Å². The fourth-order valence-corrected chi connectivity index (χ4v) is 2.52. The van der Waals surface area contributed by atoms with Crippen LogP contribution < -0.4 is 5.32 Å². The van der Waals surface area contributed by atoms with E-state index in [2.05, 4.69) is 5.32 Å². The molecule has 2 amide bonds. The molecule has 0 saturated carbocycles. The lowest BCUT2D eigenvalue weighted by atomic mass is 10.1. The molecule has 1 heterocycles. The van der Waals surface area contributed by atoms with Gasteiger partial charge in [-0.3, -0.25) is 0 Å². The van der Waals surface area contributed by atoms with E-state index in [-0.39, 0.29) is 38.0 Å². The van der Waals surface area contributed by atoms with Crippen molar-refractivity contribution in [2.75, 3.05) is 13.1 Å². The molecule has 1 unspecified atom stereocenters. The average Bonchev–Trinajstić information content (AvgIpc) is 2.38. The van der Waals surface area contributed by atoms with E-state index in [1.807, 2.05) is 25.1 Å². The van der Waals surface area contributed by atoms with Gasteiger partial charge in [0.1, 0.15) is 0 Å². The Kier molecular flexibility index (Phi) is 4.48. The fourth-order valence-electron chi connectivity index (χ4n) is 2.22. The molecule has 3 nitrogen and oxygen atoms in total. The van der Waals surface area contributed by atoms with Crippen molar-refractivity contribution in [2.24, 2.45) is 0 Å². The lowest BCUT2D eigenvalue weighted by Gasteiger charge is -2.32. The summed E-state index contributed by atoms with van der Waals surface area (Å²) in [5, 5.41) is 3.37. The van der Waals surface area contributed by atoms with Crippen LogP contribution in [0.3, 0.4) is 0 Å². The highest BCUT2D eigenvalue weighted by molar-refractivity contribution is 6.31. The van der Waals surface area contributed by atoms with Crippen LogP contribution in [0.4, 0.5) is 13.6 Å². The molecule has 1 N–H and O–H groups in total. The van der Waals surface area contributed by atoms with Crippen LogP contribution in [-0.4, -0.2) is 29.9 Å². The Balaban J connectivity index is 1.94. The van der Waals surface area contributed by atoms with Crippen molar-refractivity contribution in [3.63, 3.8) is 0 Å². The molecule has 6 heteroatoms. The molecule has 1 aromatic carbocycles. The lowest BCUT2D eigenvalue weighted by molar-refractivity contribution is -0.0470. The van der Waals surface area contributed by atoms with Crippen molar-refractivity contribution in [2.45, 2.75) is 31.7 Å². The van der Waals surface area contributed by atoms with Gasteiger partial charge < -0.3 is 10.2 Å². The molecule has 0 aliphatic carbocycles. The molecular weight excluding hydrogens is 286 g/mol. The van der Waals surface area contributed by atoms with Gasteiger partial charge in [-0.1, -0.05) is 29.8 Å². The first-order chi connectivity index (χ1) is 9.39. The summed E-state index contributed by atoms with van der Waals surface area (Å²) in [5.74, 6) is -2.65. The van der Waals surface area contributed by atoms with Gasteiger partial charge in [-0.25, -0.2) is 13.6 Å². The van der Waals surface area contributed by atoms with Gasteiger partial charge in [0.05, 0.1) is 6.04 Å². The number of amides is 2. The predicted octanol–water partition coefficient (Wildman–Crippen LogP) is 3.84. The number of carbonyl (C=O) groups is 1. The van der Waals surface area contributed by atoms with Crippen LogP contribution in [0.1, 0.15) is 31.4 Å². The number of halogens is 3. The number of nitrogens with one attached hydrogen (secondary N) is 1. The normalized spacial score (nSPS) is 19.5. The maximum Gasteiger partial charge on any atom is 0.317 e. The maximum absolute atomic E-state index is 13.0. The first kappa shape index (κ1) is 15.0. The molecule has 0 radical (unpaired) electrons. The van der Waals surface area contributed by atoms with Crippen LogP contribution in [0.15, 0.2) is 24.3 Å². The van der Waals surface area contributed by atoms with E-state index >= 15 is 0 Å². The van der Waals surface area contributed by atoms with E-state index in [4.69, 9.17) is 11.6 Å². The van der Waals surface area contributed by atoms with Crippen molar-refractivity contribution in [3.8, 4) is 0 Å². The third-order valence-electron chi connectivity index (χ3n) is 3.49. The van der Waals surface area contributed by atoms with Crippen LogP contribution in [0.25, 0.3) is 0 Å². The minimum absolute atomic E-state index is 0.0775. The molecule has 110 valence electrons. The zero-order valence-electron chi connectivity index (χ0n) is 11.2. The van der Waals surface area contributed by atoms with Crippen LogP contribution in [0.5, 0.6) is 0 Å². The summed E-state index contributed by atoms with van der Waals surface area (Å²) in [6.45, 7) is 1.97. The number of rotatable bonds is 2. The third kappa shape index (κ3) is 3.60. The van der Waals surface area contributed by atoms with E-state index in [1.54, 1.807) is 6.07 Å². The van der Waals surface area contributed by atoms with Gasteiger partial charge in [-0.05, 0) is 18.6 Å². The number of piperidine rings is 1. The summed E-state index contributed by atoms with van der Waals surface area (Å²) >= 11 is 6.06. The molecule has 1 saturated heterocycles. The molecule has 1 atom stereocenters. The second-order valence-electron chi connectivity index (χ2n) is 5.04. The number of nitrogens with zero attached hydrogens (tertiary/aromatic N) is 1. The SMILES string of the molecule is CC(NC(=O)N1CCC(F)(F)CC1)c1ccccc1Cl. The Morgan fingerprint density at radius 2 is 1.95 bits per heavy atom. The minimum atomic E-state index is -2.65. The molecular formula is C14H17ClF2N2O. The molecule has 1 fully saturated rings. The van der Waals surface area contributed by atoms with E-state index in [0.717, 1.165) is 5.56 Å². The topological polar surface area (TPSA) is 32.3 Å². The van der Waals surface area contributed by atoms with Gasteiger partial charge in [0.15, 0.2) is 0 Å². The average molecular weight is 303 g/mol. The van der Waals surface area contributed by atoms with E-state index in [1.165, 1.54) is 4.90 Å². The smallest absolute Gasteiger partial charge is 0.317 e. The Morgan fingerprint density at radius 3 is 2.55 bits per heavy atom. The fraction of sp³-hybridized carbons (Fsp3) is 0.500. The van der Waals surface area contributed by atoms with Crippen molar-refractivity contribution in [1.29, 1.82) is 0 Å². The predicted molar refractivity (Wildman–Crippen MR) is 74.2 cm³/mol. The summed E-state index contributed by atoms with van der Waals surface area (Å²) in [4.78, 5) is 13.5. The molecule has 0 bridgehead atoms. The summed E-state index contributed by atoms with van der Waals surface area (Å²) in [5.41, 5.74) is 0.810. The number of benzene rings is 1. The van der Waals surface area contributed by atoms with Crippen LogP contribution >= 0.6 is 11.6 Å². The van der Waals surface area contributed by atoms with Gasteiger partial charge >= 0.3 is 6.03 Å². The van der Waals surface area contributed by atoms with Crippen molar-refractivity contribution < 1.29 is 13.6 Å². The molecule has 1 aliphatic heterocycles. The number of hydrogen-bond donors (Lipinski definition) is 1. The monoisotopic (exact) mass is 302 g/mol. The van der Waals surface area contributed by atoms with Gasteiger partial charge in [-0.2, -0.15) is 0 Å². The highest BCUT2D eigenvalue weighted by Gasteiger charge is 2.35. The Hall–Kier alpha value is -1.36. The van der Waals surface area contributed by atoms with Gasteiger partial charge in [-0.15, -0.1) is 0 Å². The number of likely N-dealkylation sites (tertiary alicyclic amines) is 1. The van der Waals surface area contributed by atoms with Gasteiger partial charge in [0.2, 0.25) is 0 Å². The highest BCUT2D eigenvalue weighted by Crippen LogP contribution is 2.28. The Morgan fingerprint density at radius 1 is 1.35 bits per heavy atom. The van der Waals surface area contributed by atoms with Crippen LogP contribution in [-0.2, 0) is 0 Å². The van der Waals surface area contributed by atoms with Crippen molar-refractivity contribution in [1.82, 2.24) is 10.2 Å².